The summed E-state index contributed by atoms with van der Waals surface area (Å²) >= 11 is 0. The topological polar surface area (TPSA) is 114 Å². The van der Waals surface area contributed by atoms with Crippen LogP contribution in [0, 0.1) is 60.7 Å². The minimum absolute atomic E-state index is 0. The number of aryl methyl sites for hydroxylation is 2. The second-order valence-electron chi connectivity index (χ2n) is 16.5. The van der Waals surface area contributed by atoms with Crippen LogP contribution in [0.3, 0.4) is 0 Å². The van der Waals surface area contributed by atoms with Gasteiger partial charge in [0, 0.05) is 56.0 Å². The third kappa shape index (κ3) is 10.9. The Morgan fingerprint density at radius 3 is 1.89 bits per heavy atom. The van der Waals surface area contributed by atoms with E-state index in [4.69, 9.17) is 23.1 Å². The minimum atomic E-state index is -0.115. The molecular weight excluding hydrogens is 933 g/mol. The van der Waals surface area contributed by atoms with Gasteiger partial charge in [0.2, 0.25) is 5.69 Å². The van der Waals surface area contributed by atoms with Gasteiger partial charge in [0.1, 0.15) is 18.2 Å². The molecule has 4 heterocycles. The Labute approximate surface area is 373 Å². The van der Waals surface area contributed by atoms with Crippen molar-refractivity contribution in [1.29, 1.82) is 10.5 Å². The number of anilines is 3. The molecule has 3 aromatic heterocycles. The number of nitriles is 2. The van der Waals surface area contributed by atoms with Gasteiger partial charge in [-0.05, 0) is 95.4 Å². The summed E-state index contributed by atoms with van der Waals surface area (Å²) in [6.45, 7) is 29.8. The molecule has 0 saturated carbocycles. The summed E-state index contributed by atoms with van der Waals surface area (Å²) in [4.78, 5) is 29.5. The number of fused-ring (bicyclic) bond motifs is 1. The third-order valence-corrected chi connectivity index (χ3v) is 9.93. The Hall–Kier alpha value is -6.75. The SMILES string of the molecule is CN1[CH-]N(c2[c-]cccc2)c2nccnc21.[C-]#[N+]c1c[c-]c(-c2cc(C(C)(C)C)cc(CCCCc3cc(C(C)(C)C)cc(-c4[c-]cc(C#N)cc4[N+]#[C-])n3)n2)c(C#N)c1.[Ir]. The quantitative estimate of drug-likeness (QED) is 0.109. The predicted octanol–water partition coefficient (Wildman–Crippen LogP) is 11.4. The van der Waals surface area contributed by atoms with Gasteiger partial charge in [0.05, 0.1) is 6.57 Å². The van der Waals surface area contributed by atoms with Gasteiger partial charge in [-0.1, -0.05) is 71.4 Å². The van der Waals surface area contributed by atoms with Crippen LogP contribution in [0.2, 0.25) is 0 Å². The molecule has 1 aliphatic heterocycles. The van der Waals surface area contributed by atoms with Crippen LogP contribution in [-0.4, -0.2) is 27.0 Å². The first-order valence-corrected chi connectivity index (χ1v) is 19.6. The van der Waals surface area contributed by atoms with Crippen molar-refractivity contribution in [1.82, 2.24) is 19.9 Å². The summed E-state index contributed by atoms with van der Waals surface area (Å²) in [7, 11) is 1.95. The summed E-state index contributed by atoms with van der Waals surface area (Å²) in [5, 5.41) is 19.0. The van der Waals surface area contributed by atoms with Crippen molar-refractivity contribution in [2.75, 3.05) is 16.8 Å². The fraction of sp³-hybridized carbons (Fsp3) is 0.260. The van der Waals surface area contributed by atoms with E-state index in [0.29, 0.717) is 45.0 Å². The van der Waals surface area contributed by atoms with E-state index in [1.54, 1.807) is 36.7 Å². The Morgan fingerprint density at radius 2 is 1.34 bits per heavy atom. The first kappa shape index (κ1) is 45.3. The number of benzene rings is 3. The minimum Gasteiger partial charge on any atom is -0.487 e. The number of hydrogen-bond donors (Lipinski definition) is 0. The molecule has 0 amide bonds. The Balaban J connectivity index is 0.000000343. The summed E-state index contributed by atoms with van der Waals surface area (Å²) in [5.74, 6) is 1.70. The molecule has 61 heavy (non-hydrogen) atoms. The van der Waals surface area contributed by atoms with Crippen molar-refractivity contribution in [2.45, 2.75) is 78.1 Å². The van der Waals surface area contributed by atoms with Crippen molar-refractivity contribution in [3.63, 3.8) is 0 Å². The normalized spacial score (nSPS) is 11.8. The van der Waals surface area contributed by atoms with Crippen LogP contribution in [0.25, 0.3) is 32.2 Å². The smallest absolute Gasteiger partial charge is 0.236 e. The van der Waals surface area contributed by atoms with E-state index in [-0.39, 0.29) is 30.9 Å². The van der Waals surface area contributed by atoms with E-state index in [0.717, 1.165) is 65.5 Å². The van der Waals surface area contributed by atoms with Gasteiger partial charge >= 0.3 is 0 Å². The first-order chi connectivity index (χ1) is 28.7. The van der Waals surface area contributed by atoms with E-state index in [1.807, 2.05) is 59.9 Å². The van der Waals surface area contributed by atoms with Crippen LogP contribution in [-0.2, 0) is 43.8 Å². The average Bonchev–Trinajstić information content (AvgIpc) is 3.60. The molecule has 0 atom stereocenters. The second kappa shape index (κ2) is 19.5. The summed E-state index contributed by atoms with van der Waals surface area (Å²) < 4.78 is 0. The van der Waals surface area contributed by atoms with Crippen LogP contribution in [0.5, 0.6) is 0 Å². The number of pyridine rings is 2. The third-order valence-electron chi connectivity index (χ3n) is 9.93. The molecular formula is C50H44IrN10-4. The zero-order valence-corrected chi connectivity index (χ0v) is 37.7. The van der Waals surface area contributed by atoms with Crippen LogP contribution < -0.4 is 9.80 Å². The second-order valence-corrected chi connectivity index (χ2v) is 16.5. The molecule has 0 aliphatic carbocycles. The standard InChI is InChI=1S/C38H34N6.C12H10N4.Ir/c1-37(2,3)27-19-30(43-35(21-27)32-16-14-29(41-7)18-26(32)24-40)11-9-10-12-31-20-28(38(4,5)6)22-36(44-31)33-15-13-25(23-39)17-34(33)42-8;1-15-9-16(10-5-3-2-4-6-10)12-11(15)13-7-8-14-12;/h13-14,17-22H,9-12H2,1-6H3;2-5,7-9H,1H3;/q2*-2;. The molecule has 6 aromatic rings. The predicted molar refractivity (Wildman–Crippen MR) is 235 cm³/mol. The molecule has 3 aromatic carbocycles. The van der Waals surface area contributed by atoms with Gasteiger partial charge in [-0.3, -0.25) is 0 Å². The summed E-state index contributed by atoms with van der Waals surface area (Å²) in [6, 6.07) is 36.3. The molecule has 1 radical (unpaired) electrons. The fourth-order valence-corrected chi connectivity index (χ4v) is 6.59. The van der Waals surface area contributed by atoms with Gasteiger partial charge in [-0.2, -0.15) is 35.2 Å². The van der Waals surface area contributed by atoms with Gasteiger partial charge in [-0.25, -0.2) is 25.3 Å². The average molecular weight is 977 g/mol. The van der Waals surface area contributed by atoms with Crippen molar-refractivity contribution in [3.8, 4) is 34.7 Å². The number of nitrogens with zero attached hydrogens (tertiary/aromatic N) is 10. The van der Waals surface area contributed by atoms with Gasteiger partial charge in [0.15, 0.2) is 5.69 Å². The molecule has 1 aliphatic rings. The Bertz CT molecular complexity index is 2550. The maximum atomic E-state index is 9.76. The number of hydrogen-bond acceptors (Lipinski definition) is 8. The molecule has 11 heteroatoms. The molecule has 307 valence electrons. The molecule has 0 spiro atoms. The molecule has 10 nitrogen and oxygen atoms in total. The largest absolute Gasteiger partial charge is 0.487 e. The molecule has 0 bridgehead atoms. The summed E-state index contributed by atoms with van der Waals surface area (Å²) in [5.41, 5.74) is 9.05. The number of aromatic nitrogens is 4. The van der Waals surface area contributed by atoms with Crippen LogP contribution in [0.15, 0.2) is 85.2 Å². The van der Waals surface area contributed by atoms with Crippen LogP contribution in [0.1, 0.15) is 88.0 Å². The Morgan fingerprint density at radius 1 is 0.738 bits per heavy atom. The maximum Gasteiger partial charge on any atom is 0.236 e. The van der Waals surface area contributed by atoms with E-state index in [2.05, 4.69) is 104 Å². The van der Waals surface area contributed by atoms with Crippen molar-refractivity contribution >= 4 is 28.7 Å². The van der Waals surface area contributed by atoms with Crippen molar-refractivity contribution < 1.29 is 20.1 Å². The zero-order valence-electron chi connectivity index (χ0n) is 35.3. The van der Waals surface area contributed by atoms with E-state index in [9.17, 15) is 10.5 Å². The monoisotopic (exact) mass is 977 g/mol. The van der Waals surface area contributed by atoms with Gasteiger partial charge in [0.25, 0.3) is 0 Å². The molecule has 0 saturated heterocycles. The molecule has 0 unspecified atom stereocenters. The van der Waals surface area contributed by atoms with Crippen LogP contribution >= 0.6 is 0 Å². The maximum absolute atomic E-state index is 9.76. The van der Waals surface area contributed by atoms with Crippen molar-refractivity contribution in [3.05, 3.63) is 167 Å². The van der Waals surface area contributed by atoms with Crippen molar-refractivity contribution in [2.24, 2.45) is 0 Å². The van der Waals surface area contributed by atoms with E-state index < -0.39 is 0 Å². The molecule has 0 fully saturated rings. The number of rotatable bonds is 8. The molecule has 0 N–H and O–H groups in total. The Kier molecular flexibility index (Phi) is 14.5. The zero-order chi connectivity index (χ0) is 43.0. The van der Waals surface area contributed by atoms with E-state index in [1.165, 1.54) is 0 Å². The molecule has 7 rings (SSSR count). The van der Waals surface area contributed by atoms with Gasteiger partial charge < -0.3 is 19.8 Å². The summed E-state index contributed by atoms with van der Waals surface area (Å²) in [6.07, 6.45) is 6.69. The number of unbranched alkanes of at least 4 members (excludes halogenated alkanes) is 1. The van der Waals surface area contributed by atoms with Crippen LogP contribution in [0.4, 0.5) is 28.7 Å². The van der Waals surface area contributed by atoms with E-state index >= 15 is 0 Å². The fourth-order valence-electron chi connectivity index (χ4n) is 6.59. The first-order valence-electron chi connectivity index (χ1n) is 19.6. The number of para-hydroxylation sites is 1. The van der Waals surface area contributed by atoms with Gasteiger partial charge in [-0.15, -0.1) is 36.1 Å².